The molecule has 5 nitrogen and oxygen atoms in total. The average molecular weight is 282 g/mol. The van der Waals surface area contributed by atoms with Gasteiger partial charge in [-0.15, -0.1) is 0 Å². The number of nitrogens with zero attached hydrogens (tertiary/aromatic N) is 3. The van der Waals surface area contributed by atoms with Gasteiger partial charge in [-0.25, -0.2) is 9.97 Å². The molecule has 0 saturated carbocycles. The second kappa shape index (κ2) is 5.52. The van der Waals surface area contributed by atoms with E-state index in [9.17, 15) is 4.79 Å². The van der Waals surface area contributed by atoms with Crippen molar-refractivity contribution in [1.82, 2.24) is 14.9 Å². The van der Waals surface area contributed by atoms with E-state index in [0.29, 0.717) is 5.92 Å². The third kappa shape index (κ3) is 2.46. The summed E-state index contributed by atoms with van der Waals surface area (Å²) in [5.74, 6) is 0.414. The number of benzene rings is 1. The molecule has 2 atom stereocenters. The fourth-order valence-electron chi connectivity index (χ4n) is 3.02. The molecule has 1 aliphatic heterocycles. The first-order valence-corrected chi connectivity index (χ1v) is 7.11. The zero-order chi connectivity index (χ0) is 14.8. The fraction of sp³-hybridized carbons (Fsp3) is 0.312. The Morgan fingerprint density at radius 2 is 1.95 bits per heavy atom. The van der Waals surface area contributed by atoms with Crippen LogP contribution in [0, 0.1) is 0 Å². The number of hydrogen-bond acceptors (Lipinski definition) is 4. The fourth-order valence-corrected chi connectivity index (χ4v) is 3.02. The Bertz CT molecular complexity index is 644. The van der Waals surface area contributed by atoms with Gasteiger partial charge in [0.1, 0.15) is 0 Å². The molecule has 108 valence electrons. The molecule has 0 bridgehead atoms. The van der Waals surface area contributed by atoms with Crippen LogP contribution in [0.4, 0.5) is 5.82 Å². The van der Waals surface area contributed by atoms with Gasteiger partial charge < -0.3 is 10.6 Å². The number of carbonyl (C=O) groups is 1. The average Bonchev–Trinajstić information content (AvgIpc) is 2.90. The van der Waals surface area contributed by atoms with Crippen molar-refractivity contribution in [3.63, 3.8) is 0 Å². The lowest BCUT2D eigenvalue weighted by Gasteiger charge is -2.25. The summed E-state index contributed by atoms with van der Waals surface area (Å²) in [5, 5.41) is 0. The number of likely N-dealkylation sites (tertiary alicyclic amines) is 1. The number of aromatic nitrogens is 2. The van der Waals surface area contributed by atoms with Crippen LogP contribution in [0.5, 0.6) is 0 Å². The van der Waals surface area contributed by atoms with Gasteiger partial charge in [-0.05, 0) is 18.9 Å². The molecule has 2 unspecified atom stereocenters. The molecule has 2 aromatic rings. The van der Waals surface area contributed by atoms with Gasteiger partial charge in [0.2, 0.25) is 0 Å². The Morgan fingerprint density at radius 3 is 2.67 bits per heavy atom. The number of rotatable bonds is 2. The van der Waals surface area contributed by atoms with Crippen LogP contribution in [0.25, 0.3) is 0 Å². The first kappa shape index (κ1) is 13.5. The second-order valence-electron chi connectivity index (χ2n) is 5.34. The minimum atomic E-state index is -0.133. The Labute approximate surface area is 123 Å². The van der Waals surface area contributed by atoms with Crippen molar-refractivity contribution < 1.29 is 4.79 Å². The van der Waals surface area contributed by atoms with E-state index in [1.54, 1.807) is 0 Å². The first-order valence-electron chi connectivity index (χ1n) is 7.11. The molecule has 0 aliphatic carbocycles. The Morgan fingerprint density at radius 1 is 1.24 bits per heavy atom. The standard InChI is InChI=1S/C16H18N4O/c1-11-13(12-5-3-2-4-6-12)7-10-20(11)16(21)14-15(17)19-9-8-18-14/h2-6,8-9,11,13H,7,10H2,1H3,(H2,17,19). The van der Waals surface area contributed by atoms with Gasteiger partial charge in [0.15, 0.2) is 11.5 Å². The summed E-state index contributed by atoms with van der Waals surface area (Å²) in [6.45, 7) is 2.80. The number of nitrogens with two attached hydrogens (primary N) is 1. The maximum absolute atomic E-state index is 12.6. The predicted octanol–water partition coefficient (Wildman–Crippen LogP) is 2.08. The van der Waals surface area contributed by atoms with Gasteiger partial charge in [0, 0.05) is 30.9 Å². The van der Waals surface area contributed by atoms with Crippen molar-refractivity contribution in [2.24, 2.45) is 0 Å². The topological polar surface area (TPSA) is 72.1 Å². The van der Waals surface area contributed by atoms with Gasteiger partial charge in [-0.3, -0.25) is 4.79 Å². The number of carbonyl (C=O) groups excluding carboxylic acids is 1. The molecule has 1 amide bonds. The van der Waals surface area contributed by atoms with E-state index in [-0.39, 0.29) is 23.5 Å². The van der Waals surface area contributed by atoms with Crippen LogP contribution in [0.15, 0.2) is 42.7 Å². The highest BCUT2D eigenvalue weighted by atomic mass is 16.2. The molecule has 0 spiro atoms. The smallest absolute Gasteiger partial charge is 0.276 e. The molecule has 2 heterocycles. The Kier molecular flexibility index (Phi) is 3.56. The van der Waals surface area contributed by atoms with Crippen LogP contribution in [0.3, 0.4) is 0 Å². The number of amides is 1. The monoisotopic (exact) mass is 282 g/mol. The molecular formula is C16H18N4O. The van der Waals surface area contributed by atoms with Crippen molar-refractivity contribution in [2.75, 3.05) is 12.3 Å². The van der Waals surface area contributed by atoms with E-state index in [1.807, 2.05) is 23.1 Å². The molecule has 1 aromatic heterocycles. The molecule has 1 aliphatic rings. The largest absolute Gasteiger partial charge is 0.382 e. The van der Waals surface area contributed by atoms with Crippen molar-refractivity contribution in [3.05, 3.63) is 54.0 Å². The third-order valence-electron chi connectivity index (χ3n) is 4.17. The van der Waals surface area contributed by atoms with Crippen LogP contribution in [-0.4, -0.2) is 33.4 Å². The van der Waals surface area contributed by atoms with Crippen LogP contribution < -0.4 is 5.73 Å². The molecule has 21 heavy (non-hydrogen) atoms. The summed E-state index contributed by atoms with van der Waals surface area (Å²) in [4.78, 5) is 22.5. The quantitative estimate of drug-likeness (QED) is 0.915. The van der Waals surface area contributed by atoms with Crippen molar-refractivity contribution >= 4 is 11.7 Å². The lowest BCUT2D eigenvalue weighted by molar-refractivity contribution is 0.0737. The number of anilines is 1. The van der Waals surface area contributed by atoms with E-state index in [2.05, 4.69) is 29.0 Å². The highest BCUT2D eigenvalue weighted by molar-refractivity contribution is 5.96. The number of nitrogen functional groups attached to an aromatic ring is 1. The molecule has 5 heteroatoms. The highest BCUT2D eigenvalue weighted by Gasteiger charge is 2.36. The molecule has 2 N–H and O–H groups in total. The maximum Gasteiger partial charge on any atom is 0.276 e. The van der Waals surface area contributed by atoms with E-state index >= 15 is 0 Å². The van der Waals surface area contributed by atoms with Crippen LogP contribution in [0.2, 0.25) is 0 Å². The summed E-state index contributed by atoms with van der Waals surface area (Å²) in [6.07, 6.45) is 3.95. The van der Waals surface area contributed by atoms with Gasteiger partial charge >= 0.3 is 0 Å². The zero-order valence-electron chi connectivity index (χ0n) is 11.9. The summed E-state index contributed by atoms with van der Waals surface area (Å²) in [7, 11) is 0. The summed E-state index contributed by atoms with van der Waals surface area (Å²) < 4.78 is 0. The van der Waals surface area contributed by atoms with Crippen LogP contribution in [0.1, 0.15) is 35.3 Å². The van der Waals surface area contributed by atoms with E-state index in [4.69, 9.17) is 5.73 Å². The lowest BCUT2D eigenvalue weighted by Crippen LogP contribution is -2.36. The van der Waals surface area contributed by atoms with Crippen LogP contribution >= 0.6 is 0 Å². The minimum Gasteiger partial charge on any atom is -0.382 e. The van der Waals surface area contributed by atoms with Gasteiger partial charge in [-0.1, -0.05) is 30.3 Å². The van der Waals surface area contributed by atoms with E-state index in [1.165, 1.54) is 18.0 Å². The molecule has 0 radical (unpaired) electrons. The molecule has 1 aromatic carbocycles. The normalized spacial score (nSPS) is 21.5. The molecule has 1 saturated heterocycles. The Balaban J connectivity index is 1.82. The van der Waals surface area contributed by atoms with E-state index in [0.717, 1.165) is 13.0 Å². The second-order valence-corrected chi connectivity index (χ2v) is 5.34. The van der Waals surface area contributed by atoms with Crippen LogP contribution in [-0.2, 0) is 0 Å². The lowest BCUT2D eigenvalue weighted by atomic mass is 9.93. The van der Waals surface area contributed by atoms with Gasteiger partial charge in [0.05, 0.1) is 0 Å². The number of hydrogen-bond donors (Lipinski definition) is 1. The molecule has 1 fully saturated rings. The minimum absolute atomic E-state index is 0.126. The third-order valence-corrected chi connectivity index (χ3v) is 4.17. The Hall–Kier alpha value is -2.43. The highest BCUT2D eigenvalue weighted by Crippen LogP contribution is 2.34. The zero-order valence-corrected chi connectivity index (χ0v) is 11.9. The molecule has 3 rings (SSSR count). The van der Waals surface area contributed by atoms with Crippen molar-refractivity contribution in [2.45, 2.75) is 25.3 Å². The maximum atomic E-state index is 12.6. The summed E-state index contributed by atoms with van der Waals surface area (Å²) in [5.41, 5.74) is 7.28. The van der Waals surface area contributed by atoms with Gasteiger partial charge in [0.25, 0.3) is 5.91 Å². The van der Waals surface area contributed by atoms with Crippen molar-refractivity contribution in [3.8, 4) is 0 Å². The predicted molar refractivity (Wildman–Crippen MR) is 80.7 cm³/mol. The first-order chi connectivity index (χ1) is 10.2. The van der Waals surface area contributed by atoms with E-state index < -0.39 is 0 Å². The SMILES string of the molecule is CC1C(c2ccccc2)CCN1C(=O)c1nccnc1N. The summed E-state index contributed by atoms with van der Waals surface area (Å²) >= 11 is 0. The van der Waals surface area contributed by atoms with Gasteiger partial charge in [-0.2, -0.15) is 0 Å². The van der Waals surface area contributed by atoms with Crippen molar-refractivity contribution in [1.29, 1.82) is 0 Å². The molecular weight excluding hydrogens is 264 g/mol. The summed E-state index contributed by atoms with van der Waals surface area (Å²) in [6, 6.07) is 10.4.